The van der Waals surface area contributed by atoms with Gasteiger partial charge >= 0.3 is 0 Å². The first kappa shape index (κ1) is 20.9. The van der Waals surface area contributed by atoms with Gasteiger partial charge in [0.05, 0.1) is 30.0 Å². The van der Waals surface area contributed by atoms with E-state index < -0.39 is 5.56 Å². The number of aromatic hydroxyl groups is 3. The van der Waals surface area contributed by atoms with Crippen LogP contribution < -0.4 is 15.0 Å². The van der Waals surface area contributed by atoms with E-state index in [-0.39, 0.29) is 39.2 Å². The molecule has 3 aromatic carbocycles. The zero-order valence-electron chi connectivity index (χ0n) is 17.5. The Morgan fingerprint density at radius 1 is 0.935 bits per heavy atom. The van der Waals surface area contributed by atoms with E-state index in [9.17, 15) is 20.1 Å². The average molecular weight is 444 g/mol. The Balaban J connectivity index is 2.38. The molecule has 0 aliphatic carbocycles. The van der Waals surface area contributed by atoms with Gasteiger partial charge in [-0.1, -0.05) is 24.9 Å². The second-order valence-corrected chi connectivity index (χ2v) is 7.74. The van der Waals surface area contributed by atoms with Crippen LogP contribution >= 0.6 is 11.6 Å². The van der Waals surface area contributed by atoms with Crippen molar-refractivity contribution in [1.29, 1.82) is 0 Å². The number of pyridine rings is 1. The highest BCUT2D eigenvalue weighted by atomic mass is 35.5. The Kier molecular flexibility index (Phi) is 5.01. The molecule has 3 N–H and O–H groups in total. The fourth-order valence-electron chi connectivity index (χ4n) is 4.33. The van der Waals surface area contributed by atoms with E-state index in [4.69, 9.17) is 21.1 Å². The first-order chi connectivity index (χ1) is 14.8. The van der Waals surface area contributed by atoms with Gasteiger partial charge in [0.25, 0.3) is 5.56 Å². The van der Waals surface area contributed by atoms with Gasteiger partial charge in [-0.05, 0) is 18.6 Å². The fraction of sp³-hybridized carbons (Fsp3) is 0.261. The summed E-state index contributed by atoms with van der Waals surface area (Å²) in [7, 11) is 4.46. The largest absolute Gasteiger partial charge is 0.507 e. The lowest BCUT2D eigenvalue weighted by Gasteiger charge is -2.19. The van der Waals surface area contributed by atoms with Gasteiger partial charge in [-0.3, -0.25) is 4.79 Å². The van der Waals surface area contributed by atoms with Crippen LogP contribution in [0.3, 0.4) is 0 Å². The van der Waals surface area contributed by atoms with Gasteiger partial charge in [0.1, 0.15) is 17.2 Å². The smallest absolute Gasteiger partial charge is 0.262 e. The average Bonchev–Trinajstić information content (AvgIpc) is 2.74. The highest BCUT2D eigenvalue weighted by Gasteiger charge is 2.26. The molecule has 0 aliphatic rings. The van der Waals surface area contributed by atoms with Crippen molar-refractivity contribution in [3.05, 3.63) is 39.3 Å². The van der Waals surface area contributed by atoms with Crippen molar-refractivity contribution in [2.45, 2.75) is 19.8 Å². The molecular formula is C23H22ClNO6. The summed E-state index contributed by atoms with van der Waals surface area (Å²) in [5.74, 6) is -0.401. The predicted octanol–water partition coefficient (Wildman–Crippen LogP) is 4.58. The normalized spacial score (nSPS) is 11.5. The van der Waals surface area contributed by atoms with Crippen molar-refractivity contribution in [1.82, 2.24) is 4.57 Å². The molecule has 0 unspecified atom stereocenters. The van der Waals surface area contributed by atoms with Gasteiger partial charge in [-0.2, -0.15) is 0 Å². The third-order valence-corrected chi connectivity index (χ3v) is 6.11. The standard InChI is InChI=1S/C23H22ClNO6/c1-5-6-12-19(24)17-18(23(29)25(12)2)20(28)16-11(22(17)31-4)8-7-10-15(16)13(26)9-14(27)21(10)30-3/h7-9,26-28H,5-6H2,1-4H3. The fourth-order valence-corrected chi connectivity index (χ4v) is 4.73. The zero-order chi connectivity index (χ0) is 22.6. The summed E-state index contributed by atoms with van der Waals surface area (Å²) in [5.41, 5.74) is 0.219. The van der Waals surface area contributed by atoms with Gasteiger partial charge < -0.3 is 29.4 Å². The number of ether oxygens (including phenoxy) is 2. The third-order valence-electron chi connectivity index (χ3n) is 5.70. The monoisotopic (exact) mass is 443 g/mol. The maximum absolute atomic E-state index is 13.3. The van der Waals surface area contributed by atoms with E-state index in [1.807, 2.05) is 6.92 Å². The predicted molar refractivity (Wildman–Crippen MR) is 121 cm³/mol. The summed E-state index contributed by atoms with van der Waals surface area (Å²) in [6.07, 6.45) is 1.36. The third kappa shape index (κ3) is 2.76. The molecular weight excluding hydrogens is 422 g/mol. The van der Waals surface area contributed by atoms with Crippen molar-refractivity contribution >= 4 is 43.9 Å². The molecule has 0 saturated heterocycles. The molecule has 0 amide bonds. The number of methoxy groups -OCH3 is 2. The van der Waals surface area contributed by atoms with E-state index in [1.54, 1.807) is 19.2 Å². The number of phenolic OH excluding ortho intramolecular Hbond substituents is 3. The van der Waals surface area contributed by atoms with Crippen LogP contribution in [0.1, 0.15) is 19.0 Å². The molecule has 8 heteroatoms. The van der Waals surface area contributed by atoms with Crippen LogP contribution in [0, 0.1) is 0 Å². The lowest BCUT2D eigenvalue weighted by molar-refractivity contribution is 0.375. The molecule has 0 saturated carbocycles. The molecule has 4 aromatic rings. The molecule has 162 valence electrons. The van der Waals surface area contributed by atoms with E-state index in [0.29, 0.717) is 39.0 Å². The lowest BCUT2D eigenvalue weighted by atomic mass is 9.94. The number of nitrogens with zero attached hydrogens (tertiary/aromatic N) is 1. The van der Waals surface area contributed by atoms with Crippen LogP contribution in [-0.2, 0) is 13.5 Å². The number of benzene rings is 3. The highest BCUT2D eigenvalue weighted by Crippen LogP contribution is 2.51. The van der Waals surface area contributed by atoms with E-state index in [2.05, 4.69) is 0 Å². The number of phenols is 3. The number of halogens is 1. The van der Waals surface area contributed by atoms with Gasteiger partial charge in [0.15, 0.2) is 11.5 Å². The van der Waals surface area contributed by atoms with Crippen molar-refractivity contribution in [3.8, 4) is 28.7 Å². The van der Waals surface area contributed by atoms with Gasteiger partial charge in [-0.25, -0.2) is 0 Å². The molecule has 0 bridgehead atoms. The molecule has 0 radical (unpaired) electrons. The van der Waals surface area contributed by atoms with Crippen molar-refractivity contribution in [2.24, 2.45) is 7.05 Å². The second kappa shape index (κ2) is 7.42. The molecule has 7 nitrogen and oxygen atoms in total. The van der Waals surface area contributed by atoms with E-state index in [1.165, 1.54) is 18.8 Å². The molecule has 0 atom stereocenters. The highest BCUT2D eigenvalue weighted by molar-refractivity contribution is 6.38. The van der Waals surface area contributed by atoms with Crippen LogP contribution in [0.25, 0.3) is 32.3 Å². The van der Waals surface area contributed by atoms with E-state index >= 15 is 0 Å². The van der Waals surface area contributed by atoms with Crippen molar-refractivity contribution < 1.29 is 24.8 Å². The quantitative estimate of drug-likeness (QED) is 0.315. The Bertz CT molecular complexity index is 1440. The Hall–Kier alpha value is -3.32. The van der Waals surface area contributed by atoms with Gasteiger partial charge in [0.2, 0.25) is 0 Å². The molecule has 31 heavy (non-hydrogen) atoms. The minimum absolute atomic E-state index is 0.00403. The second-order valence-electron chi connectivity index (χ2n) is 7.37. The van der Waals surface area contributed by atoms with Crippen LogP contribution in [0.15, 0.2) is 23.0 Å². The molecule has 1 heterocycles. The number of aromatic nitrogens is 1. The molecule has 0 fully saturated rings. The number of fused-ring (bicyclic) bond motifs is 4. The topological polar surface area (TPSA) is 101 Å². The summed E-state index contributed by atoms with van der Waals surface area (Å²) in [6.45, 7) is 1.98. The molecule has 1 aromatic heterocycles. The lowest BCUT2D eigenvalue weighted by Crippen LogP contribution is -2.21. The maximum Gasteiger partial charge on any atom is 0.262 e. The first-order valence-corrected chi connectivity index (χ1v) is 10.1. The van der Waals surface area contributed by atoms with Crippen LogP contribution in [-0.4, -0.2) is 34.1 Å². The zero-order valence-corrected chi connectivity index (χ0v) is 18.3. The minimum atomic E-state index is -0.428. The van der Waals surface area contributed by atoms with Crippen LogP contribution in [0.5, 0.6) is 28.7 Å². The summed E-state index contributed by atoms with van der Waals surface area (Å²) < 4.78 is 12.4. The Morgan fingerprint density at radius 3 is 2.13 bits per heavy atom. The number of hydrogen-bond acceptors (Lipinski definition) is 6. The summed E-state index contributed by atoms with van der Waals surface area (Å²) in [4.78, 5) is 13.3. The van der Waals surface area contributed by atoms with E-state index in [0.717, 1.165) is 12.5 Å². The van der Waals surface area contributed by atoms with Gasteiger partial charge in [0, 0.05) is 40.4 Å². The molecule has 4 rings (SSSR count). The first-order valence-electron chi connectivity index (χ1n) is 9.73. The maximum atomic E-state index is 13.3. The Morgan fingerprint density at radius 2 is 1.55 bits per heavy atom. The number of rotatable bonds is 4. The van der Waals surface area contributed by atoms with Crippen molar-refractivity contribution in [3.63, 3.8) is 0 Å². The van der Waals surface area contributed by atoms with Crippen molar-refractivity contribution in [2.75, 3.05) is 14.2 Å². The SMILES string of the molecule is CCCc1c(Cl)c2c(OC)c3ccc4c(OC)c(O)cc(O)c4c3c(O)c2c(=O)n1C. The van der Waals surface area contributed by atoms with Crippen LogP contribution in [0.4, 0.5) is 0 Å². The summed E-state index contributed by atoms with van der Waals surface area (Å²) in [6, 6.07) is 4.45. The summed E-state index contributed by atoms with van der Waals surface area (Å²) >= 11 is 6.72. The molecule has 0 spiro atoms. The summed E-state index contributed by atoms with van der Waals surface area (Å²) in [5, 5.41) is 34.0. The van der Waals surface area contributed by atoms with Gasteiger partial charge in [-0.15, -0.1) is 0 Å². The van der Waals surface area contributed by atoms with Crippen LogP contribution in [0.2, 0.25) is 5.02 Å². The molecule has 0 aliphatic heterocycles. The minimum Gasteiger partial charge on any atom is -0.507 e. The Labute approximate surface area is 182 Å². The number of hydrogen-bond donors (Lipinski definition) is 3.